The van der Waals surface area contributed by atoms with E-state index in [0.717, 1.165) is 22.6 Å². The maximum absolute atomic E-state index is 5.88. The summed E-state index contributed by atoms with van der Waals surface area (Å²) in [4.78, 5) is 4.37. The van der Waals surface area contributed by atoms with E-state index in [9.17, 15) is 0 Å². The highest BCUT2D eigenvalue weighted by atomic mass is 16.3. The van der Waals surface area contributed by atoms with E-state index < -0.39 is 0 Å². The lowest BCUT2D eigenvalue weighted by Gasteiger charge is -2.12. The summed E-state index contributed by atoms with van der Waals surface area (Å²) >= 11 is 0. The first-order valence-corrected chi connectivity index (χ1v) is 5.92. The zero-order valence-electron chi connectivity index (χ0n) is 10.4. The summed E-state index contributed by atoms with van der Waals surface area (Å²) in [5.74, 6) is 1.82. The molecule has 2 heterocycles. The van der Waals surface area contributed by atoms with E-state index in [0.29, 0.717) is 0 Å². The zero-order valence-corrected chi connectivity index (χ0v) is 10.4. The van der Waals surface area contributed by atoms with Gasteiger partial charge in [-0.1, -0.05) is 18.2 Å². The van der Waals surface area contributed by atoms with E-state index >= 15 is 0 Å². The Kier molecular flexibility index (Phi) is 2.64. The fraction of sp³-hybridized carbons (Fsp3) is 0.214. The van der Waals surface area contributed by atoms with Crippen molar-refractivity contribution in [2.75, 3.05) is 7.05 Å². The summed E-state index contributed by atoms with van der Waals surface area (Å²) in [5.41, 5.74) is 0.905. The lowest BCUT2D eigenvalue weighted by atomic mass is 10.2. The van der Waals surface area contributed by atoms with Crippen molar-refractivity contribution < 1.29 is 4.42 Å². The molecule has 1 atom stereocenters. The molecule has 0 bridgehead atoms. The van der Waals surface area contributed by atoms with Crippen molar-refractivity contribution in [1.29, 1.82) is 0 Å². The van der Waals surface area contributed by atoms with Crippen molar-refractivity contribution in [3.05, 3.63) is 54.3 Å². The highest BCUT2D eigenvalue weighted by Gasteiger charge is 2.20. The van der Waals surface area contributed by atoms with E-state index in [4.69, 9.17) is 4.42 Å². The number of fused-ring (bicyclic) bond motifs is 1. The number of rotatable bonds is 3. The highest BCUT2D eigenvalue weighted by Crippen LogP contribution is 2.26. The fourth-order valence-corrected chi connectivity index (χ4v) is 2.20. The van der Waals surface area contributed by atoms with Gasteiger partial charge in [-0.15, -0.1) is 0 Å². The second-order valence-electron chi connectivity index (χ2n) is 4.30. The number of para-hydroxylation sites is 1. The molecule has 0 saturated carbocycles. The van der Waals surface area contributed by atoms with E-state index in [1.807, 2.05) is 49.1 Å². The molecule has 1 N–H and O–H groups in total. The molecule has 1 aromatic carbocycles. The van der Waals surface area contributed by atoms with E-state index in [1.165, 1.54) is 0 Å². The molecule has 3 rings (SSSR count). The first kappa shape index (κ1) is 11.0. The van der Waals surface area contributed by atoms with Gasteiger partial charge in [0.2, 0.25) is 0 Å². The van der Waals surface area contributed by atoms with Gasteiger partial charge in [0.1, 0.15) is 23.2 Å². The van der Waals surface area contributed by atoms with Crippen molar-refractivity contribution in [2.24, 2.45) is 7.05 Å². The average Bonchev–Trinajstić information content (AvgIpc) is 2.97. The van der Waals surface area contributed by atoms with Crippen LogP contribution in [0.5, 0.6) is 0 Å². The molecule has 0 fully saturated rings. The number of nitrogens with zero attached hydrogens (tertiary/aromatic N) is 2. The number of benzene rings is 1. The Morgan fingerprint density at radius 3 is 2.83 bits per heavy atom. The van der Waals surface area contributed by atoms with Gasteiger partial charge in [0, 0.05) is 24.8 Å². The van der Waals surface area contributed by atoms with Gasteiger partial charge in [-0.3, -0.25) is 0 Å². The Bertz CT molecular complexity index is 635. The standard InChI is InChI=1S/C14H15N3O/c1-15-13(14-16-7-8-17(14)2)12-9-10-5-3-4-6-11(10)18-12/h3-9,13,15H,1-2H3. The number of aryl methyl sites for hydroxylation is 1. The Balaban J connectivity index is 2.09. The summed E-state index contributed by atoms with van der Waals surface area (Å²) in [7, 11) is 3.89. The van der Waals surface area contributed by atoms with Crippen LogP contribution in [-0.2, 0) is 7.05 Å². The van der Waals surface area contributed by atoms with Crippen LogP contribution >= 0.6 is 0 Å². The number of furan rings is 1. The maximum atomic E-state index is 5.88. The molecule has 4 heteroatoms. The van der Waals surface area contributed by atoms with E-state index in [1.54, 1.807) is 6.20 Å². The minimum atomic E-state index is -0.0302. The molecule has 0 spiro atoms. The van der Waals surface area contributed by atoms with Crippen LogP contribution in [0.1, 0.15) is 17.6 Å². The zero-order chi connectivity index (χ0) is 12.5. The molecular formula is C14H15N3O. The molecule has 3 aromatic rings. The summed E-state index contributed by atoms with van der Waals surface area (Å²) in [6, 6.07) is 10.0. The summed E-state index contributed by atoms with van der Waals surface area (Å²) < 4.78 is 7.88. The van der Waals surface area contributed by atoms with Gasteiger partial charge in [0.15, 0.2) is 0 Å². The van der Waals surface area contributed by atoms with Crippen LogP contribution < -0.4 is 5.32 Å². The van der Waals surface area contributed by atoms with Gasteiger partial charge in [0.05, 0.1) is 0 Å². The minimum Gasteiger partial charge on any atom is -0.459 e. The van der Waals surface area contributed by atoms with Gasteiger partial charge >= 0.3 is 0 Å². The molecule has 0 amide bonds. The summed E-state index contributed by atoms with van der Waals surface area (Å²) in [5, 5.41) is 4.36. The Morgan fingerprint density at radius 2 is 2.17 bits per heavy atom. The van der Waals surface area contributed by atoms with Gasteiger partial charge in [-0.2, -0.15) is 0 Å². The molecule has 18 heavy (non-hydrogen) atoms. The third kappa shape index (κ3) is 1.71. The van der Waals surface area contributed by atoms with Crippen molar-refractivity contribution in [2.45, 2.75) is 6.04 Å². The molecule has 0 radical (unpaired) electrons. The molecule has 0 aliphatic heterocycles. The number of nitrogens with one attached hydrogen (secondary N) is 1. The molecule has 0 aliphatic carbocycles. The molecular weight excluding hydrogens is 226 g/mol. The summed E-state index contributed by atoms with van der Waals surface area (Å²) in [6.45, 7) is 0. The fourth-order valence-electron chi connectivity index (χ4n) is 2.20. The molecule has 92 valence electrons. The number of hydrogen-bond donors (Lipinski definition) is 1. The van der Waals surface area contributed by atoms with Crippen molar-refractivity contribution in [1.82, 2.24) is 14.9 Å². The minimum absolute atomic E-state index is 0.0302. The topological polar surface area (TPSA) is 43.0 Å². The molecule has 4 nitrogen and oxygen atoms in total. The van der Waals surface area contributed by atoms with Crippen LogP contribution in [-0.4, -0.2) is 16.6 Å². The van der Waals surface area contributed by atoms with E-state index in [2.05, 4.69) is 16.4 Å². The van der Waals surface area contributed by atoms with Crippen molar-refractivity contribution in [3.8, 4) is 0 Å². The van der Waals surface area contributed by atoms with Crippen molar-refractivity contribution in [3.63, 3.8) is 0 Å². The van der Waals surface area contributed by atoms with Crippen LogP contribution in [0.2, 0.25) is 0 Å². The SMILES string of the molecule is CNC(c1cc2ccccc2o1)c1nccn1C. The quantitative estimate of drug-likeness (QED) is 0.766. The molecule has 2 aromatic heterocycles. The van der Waals surface area contributed by atoms with Crippen LogP contribution in [0.15, 0.2) is 47.1 Å². The van der Waals surface area contributed by atoms with Crippen LogP contribution in [0.3, 0.4) is 0 Å². The van der Waals surface area contributed by atoms with Gasteiger partial charge in [0.25, 0.3) is 0 Å². The third-order valence-electron chi connectivity index (χ3n) is 3.13. The summed E-state index contributed by atoms with van der Waals surface area (Å²) in [6.07, 6.45) is 3.73. The molecule has 0 saturated heterocycles. The van der Waals surface area contributed by atoms with Crippen LogP contribution in [0.4, 0.5) is 0 Å². The Labute approximate surface area is 105 Å². The van der Waals surface area contributed by atoms with Crippen LogP contribution in [0, 0.1) is 0 Å². The second-order valence-corrected chi connectivity index (χ2v) is 4.30. The first-order valence-electron chi connectivity index (χ1n) is 5.92. The van der Waals surface area contributed by atoms with E-state index in [-0.39, 0.29) is 6.04 Å². The average molecular weight is 241 g/mol. The number of aromatic nitrogens is 2. The normalized spacial score (nSPS) is 13.0. The number of imidazole rings is 1. The monoisotopic (exact) mass is 241 g/mol. The highest BCUT2D eigenvalue weighted by molar-refractivity contribution is 5.77. The van der Waals surface area contributed by atoms with Crippen molar-refractivity contribution >= 4 is 11.0 Å². The first-order chi connectivity index (χ1) is 8.79. The maximum Gasteiger partial charge on any atom is 0.134 e. The largest absolute Gasteiger partial charge is 0.459 e. The van der Waals surface area contributed by atoms with Crippen LogP contribution in [0.25, 0.3) is 11.0 Å². The number of hydrogen-bond acceptors (Lipinski definition) is 3. The molecule has 1 unspecified atom stereocenters. The smallest absolute Gasteiger partial charge is 0.134 e. The lowest BCUT2D eigenvalue weighted by Crippen LogP contribution is -2.20. The predicted octanol–water partition coefficient (Wildman–Crippen LogP) is 2.48. The van der Waals surface area contributed by atoms with Gasteiger partial charge < -0.3 is 14.3 Å². The predicted molar refractivity (Wildman–Crippen MR) is 70.3 cm³/mol. The van der Waals surface area contributed by atoms with Gasteiger partial charge in [-0.25, -0.2) is 4.98 Å². The third-order valence-corrected chi connectivity index (χ3v) is 3.13. The lowest BCUT2D eigenvalue weighted by molar-refractivity contribution is 0.472. The molecule has 0 aliphatic rings. The van der Waals surface area contributed by atoms with Gasteiger partial charge in [-0.05, 0) is 19.2 Å². The second kappa shape index (κ2) is 4.31. The Morgan fingerprint density at radius 1 is 1.33 bits per heavy atom. The Hall–Kier alpha value is -2.07.